The number of benzene rings is 1. The second-order valence-corrected chi connectivity index (χ2v) is 5.88. The Balaban J connectivity index is 1.53. The number of hydrogen-bond acceptors (Lipinski definition) is 5. The SMILES string of the molecule is C[C@H](c1ccccc1)N1CCN(C(=O)Cn2cnc(C#N)n2)CC1. The van der Waals surface area contributed by atoms with Crippen LogP contribution in [0.4, 0.5) is 0 Å². The monoisotopic (exact) mass is 324 g/mol. The molecule has 0 N–H and O–H groups in total. The molecule has 2 aromatic rings. The van der Waals surface area contributed by atoms with Crippen molar-refractivity contribution in [3.63, 3.8) is 0 Å². The Morgan fingerprint density at radius 3 is 2.58 bits per heavy atom. The van der Waals surface area contributed by atoms with Gasteiger partial charge < -0.3 is 4.90 Å². The maximum absolute atomic E-state index is 12.3. The molecule has 24 heavy (non-hydrogen) atoms. The van der Waals surface area contributed by atoms with Crippen molar-refractivity contribution in [3.05, 3.63) is 48.0 Å². The molecule has 1 aliphatic heterocycles. The number of aromatic nitrogens is 3. The number of rotatable bonds is 4. The summed E-state index contributed by atoms with van der Waals surface area (Å²) in [7, 11) is 0. The quantitative estimate of drug-likeness (QED) is 0.840. The Morgan fingerprint density at radius 2 is 1.96 bits per heavy atom. The van der Waals surface area contributed by atoms with E-state index in [1.165, 1.54) is 16.6 Å². The average molecular weight is 324 g/mol. The molecule has 1 atom stereocenters. The van der Waals surface area contributed by atoms with E-state index in [1.807, 2.05) is 17.0 Å². The van der Waals surface area contributed by atoms with Gasteiger partial charge in [0.2, 0.25) is 5.91 Å². The van der Waals surface area contributed by atoms with Crippen LogP contribution in [0.15, 0.2) is 36.7 Å². The van der Waals surface area contributed by atoms with E-state index in [1.54, 1.807) is 0 Å². The lowest BCUT2D eigenvalue weighted by Gasteiger charge is -2.38. The van der Waals surface area contributed by atoms with Gasteiger partial charge >= 0.3 is 0 Å². The van der Waals surface area contributed by atoms with Crippen molar-refractivity contribution in [1.29, 1.82) is 5.26 Å². The van der Waals surface area contributed by atoms with Gasteiger partial charge in [0.1, 0.15) is 18.9 Å². The van der Waals surface area contributed by atoms with Crippen LogP contribution in [-0.2, 0) is 11.3 Å². The number of amides is 1. The number of carbonyl (C=O) groups is 1. The third kappa shape index (κ3) is 3.60. The topological polar surface area (TPSA) is 78.0 Å². The zero-order valence-corrected chi connectivity index (χ0v) is 13.7. The predicted octanol–water partition coefficient (Wildman–Crippen LogP) is 1.06. The third-order valence-corrected chi connectivity index (χ3v) is 4.43. The fourth-order valence-corrected chi connectivity index (χ4v) is 2.96. The van der Waals surface area contributed by atoms with Crippen LogP contribution in [0.5, 0.6) is 0 Å². The predicted molar refractivity (Wildman–Crippen MR) is 87.7 cm³/mol. The van der Waals surface area contributed by atoms with Crippen LogP contribution in [-0.4, -0.2) is 56.7 Å². The maximum atomic E-state index is 12.3. The summed E-state index contributed by atoms with van der Waals surface area (Å²) in [6.45, 7) is 5.44. The van der Waals surface area contributed by atoms with E-state index in [0.717, 1.165) is 13.1 Å². The van der Waals surface area contributed by atoms with Crippen LogP contribution in [0.2, 0.25) is 0 Å². The van der Waals surface area contributed by atoms with Crippen molar-refractivity contribution >= 4 is 5.91 Å². The van der Waals surface area contributed by atoms with Crippen LogP contribution < -0.4 is 0 Å². The largest absolute Gasteiger partial charge is 0.339 e. The lowest BCUT2D eigenvalue weighted by Crippen LogP contribution is -2.50. The Kier molecular flexibility index (Phi) is 4.87. The van der Waals surface area contributed by atoms with Crippen molar-refractivity contribution < 1.29 is 4.79 Å². The first-order valence-electron chi connectivity index (χ1n) is 8.03. The molecule has 2 heterocycles. The smallest absolute Gasteiger partial charge is 0.252 e. The van der Waals surface area contributed by atoms with Crippen LogP contribution in [0, 0.1) is 11.3 Å². The lowest BCUT2D eigenvalue weighted by molar-refractivity contribution is -0.134. The van der Waals surface area contributed by atoms with Gasteiger partial charge in [0.05, 0.1) is 0 Å². The van der Waals surface area contributed by atoms with E-state index < -0.39 is 0 Å². The van der Waals surface area contributed by atoms with Gasteiger partial charge in [-0.2, -0.15) is 5.26 Å². The first-order chi connectivity index (χ1) is 11.7. The molecule has 0 radical (unpaired) electrons. The van der Waals surface area contributed by atoms with Crippen molar-refractivity contribution in [2.24, 2.45) is 0 Å². The molecule has 7 heteroatoms. The standard InChI is InChI=1S/C17H20N6O/c1-14(15-5-3-2-4-6-15)21-7-9-22(10-8-21)17(24)12-23-13-19-16(11-18)20-23/h2-6,13-14H,7-10,12H2,1H3/t14-/m1/s1. The van der Waals surface area contributed by atoms with Gasteiger partial charge in [-0.1, -0.05) is 30.3 Å². The number of piperazine rings is 1. The zero-order chi connectivity index (χ0) is 16.9. The van der Waals surface area contributed by atoms with Crippen molar-refractivity contribution in [1.82, 2.24) is 24.6 Å². The summed E-state index contributed by atoms with van der Waals surface area (Å²) >= 11 is 0. The van der Waals surface area contributed by atoms with Gasteiger partial charge in [0.15, 0.2) is 0 Å². The molecule has 0 unspecified atom stereocenters. The summed E-state index contributed by atoms with van der Waals surface area (Å²) in [5, 5.41) is 12.7. The molecule has 1 amide bonds. The first-order valence-corrected chi connectivity index (χ1v) is 8.03. The van der Waals surface area contributed by atoms with Gasteiger partial charge in [0, 0.05) is 32.2 Å². The molecule has 0 bridgehead atoms. The van der Waals surface area contributed by atoms with Crippen molar-refractivity contribution in [3.8, 4) is 6.07 Å². The second kappa shape index (κ2) is 7.23. The second-order valence-electron chi connectivity index (χ2n) is 5.88. The third-order valence-electron chi connectivity index (χ3n) is 4.43. The van der Waals surface area contributed by atoms with Gasteiger partial charge in [0.25, 0.3) is 5.82 Å². The molecule has 124 valence electrons. The maximum Gasteiger partial charge on any atom is 0.252 e. The van der Waals surface area contributed by atoms with Crippen molar-refractivity contribution in [2.75, 3.05) is 26.2 Å². The van der Waals surface area contributed by atoms with Crippen LogP contribution >= 0.6 is 0 Å². The van der Waals surface area contributed by atoms with Gasteiger partial charge in [-0.25, -0.2) is 9.67 Å². The Bertz CT molecular complexity index is 727. The van der Waals surface area contributed by atoms with Gasteiger partial charge in [-0.15, -0.1) is 5.10 Å². The summed E-state index contributed by atoms with van der Waals surface area (Å²) in [5.41, 5.74) is 1.30. The van der Waals surface area contributed by atoms with E-state index in [2.05, 4.69) is 46.2 Å². The number of carbonyl (C=O) groups excluding carboxylic acids is 1. The Morgan fingerprint density at radius 1 is 1.25 bits per heavy atom. The van der Waals surface area contributed by atoms with E-state index in [0.29, 0.717) is 19.1 Å². The molecule has 3 rings (SSSR count). The molecule has 1 saturated heterocycles. The van der Waals surface area contributed by atoms with Crippen LogP contribution in [0.3, 0.4) is 0 Å². The molecule has 0 saturated carbocycles. The van der Waals surface area contributed by atoms with Gasteiger partial charge in [-0.3, -0.25) is 9.69 Å². The summed E-state index contributed by atoms with van der Waals surface area (Å²) in [4.78, 5) is 20.4. The minimum absolute atomic E-state index is 0.0106. The fraction of sp³-hybridized carbons (Fsp3) is 0.412. The molecular weight excluding hydrogens is 304 g/mol. The molecule has 1 aliphatic rings. The summed E-state index contributed by atoms with van der Waals surface area (Å²) in [5.74, 6) is 0.0979. The lowest BCUT2D eigenvalue weighted by atomic mass is 10.1. The first kappa shape index (κ1) is 16.1. The van der Waals surface area contributed by atoms with E-state index in [9.17, 15) is 4.79 Å². The molecule has 1 aromatic carbocycles. The average Bonchev–Trinajstić information content (AvgIpc) is 3.09. The minimum Gasteiger partial charge on any atom is -0.339 e. The molecule has 0 aliphatic carbocycles. The molecular formula is C17H20N6O. The minimum atomic E-state index is 0.0106. The number of hydrogen-bond donors (Lipinski definition) is 0. The van der Waals surface area contributed by atoms with E-state index in [4.69, 9.17) is 5.26 Å². The summed E-state index contributed by atoms with van der Waals surface area (Å²) < 4.78 is 1.42. The van der Waals surface area contributed by atoms with Crippen LogP contribution in [0.1, 0.15) is 24.4 Å². The number of nitriles is 1. The molecule has 7 nitrogen and oxygen atoms in total. The van der Waals surface area contributed by atoms with Crippen LogP contribution in [0.25, 0.3) is 0 Å². The fourth-order valence-electron chi connectivity index (χ4n) is 2.96. The highest BCUT2D eigenvalue weighted by Crippen LogP contribution is 2.21. The molecule has 0 spiro atoms. The highest BCUT2D eigenvalue weighted by Gasteiger charge is 2.24. The Hall–Kier alpha value is -2.72. The van der Waals surface area contributed by atoms with E-state index >= 15 is 0 Å². The van der Waals surface area contributed by atoms with Crippen molar-refractivity contribution in [2.45, 2.75) is 19.5 Å². The zero-order valence-electron chi connectivity index (χ0n) is 13.7. The summed E-state index contributed by atoms with van der Waals surface area (Å²) in [6, 6.07) is 12.6. The Labute approximate surface area is 141 Å². The normalized spacial score (nSPS) is 16.6. The molecule has 1 fully saturated rings. The van der Waals surface area contributed by atoms with E-state index in [-0.39, 0.29) is 18.3 Å². The summed E-state index contributed by atoms with van der Waals surface area (Å²) in [6.07, 6.45) is 1.42. The highest BCUT2D eigenvalue weighted by atomic mass is 16.2. The van der Waals surface area contributed by atoms with Gasteiger partial charge in [-0.05, 0) is 12.5 Å². The highest BCUT2D eigenvalue weighted by molar-refractivity contribution is 5.76. The number of nitrogens with zero attached hydrogens (tertiary/aromatic N) is 6. The molecule has 1 aromatic heterocycles.